The number of hydrogen-bond donors (Lipinski definition) is 0. The Kier molecular flexibility index (Phi) is 5.49. The van der Waals surface area contributed by atoms with Gasteiger partial charge in [-0.05, 0) is 35.6 Å². The van der Waals surface area contributed by atoms with Crippen molar-refractivity contribution in [3.63, 3.8) is 0 Å². The minimum absolute atomic E-state index is 0.174. The Labute approximate surface area is 160 Å². The van der Waals surface area contributed by atoms with Crippen LogP contribution in [0.25, 0.3) is 10.8 Å². The maximum atomic E-state index is 6.01. The highest BCUT2D eigenvalue weighted by Gasteiger charge is 2.22. The van der Waals surface area contributed by atoms with E-state index >= 15 is 0 Å². The van der Waals surface area contributed by atoms with Crippen molar-refractivity contribution >= 4 is 10.8 Å². The Morgan fingerprint density at radius 1 is 0.963 bits per heavy atom. The van der Waals surface area contributed by atoms with E-state index in [-0.39, 0.29) is 6.10 Å². The fraction of sp³-hybridized carbons (Fsp3) is 0.364. The second kappa shape index (κ2) is 8.35. The lowest BCUT2D eigenvalue weighted by Crippen LogP contribution is -2.39. The molecular formula is C22H25N3O2. The minimum Gasteiger partial charge on any atom is -0.477 e. The monoisotopic (exact) mass is 363 g/mol. The van der Waals surface area contributed by atoms with E-state index in [0.29, 0.717) is 11.8 Å². The Hall–Kier alpha value is -2.66. The fourth-order valence-electron chi connectivity index (χ4n) is 3.62. The van der Waals surface area contributed by atoms with Crippen LogP contribution in [0.1, 0.15) is 18.4 Å². The average Bonchev–Trinajstić information content (AvgIpc) is 2.73. The van der Waals surface area contributed by atoms with Gasteiger partial charge in [-0.3, -0.25) is 0 Å². The molecule has 0 bridgehead atoms. The highest BCUT2D eigenvalue weighted by molar-refractivity contribution is 5.82. The van der Waals surface area contributed by atoms with Gasteiger partial charge in [-0.1, -0.05) is 42.5 Å². The van der Waals surface area contributed by atoms with Crippen molar-refractivity contribution in [2.75, 3.05) is 26.7 Å². The van der Waals surface area contributed by atoms with Crippen LogP contribution in [0.5, 0.6) is 11.8 Å². The predicted molar refractivity (Wildman–Crippen MR) is 106 cm³/mol. The topological polar surface area (TPSA) is 47.5 Å². The molecule has 2 heterocycles. The molecule has 1 aromatic heterocycles. The van der Waals surface area contributed by atoms with Crippen LogP contribution < -0.4 is 9.47 Å². The van der Waals surface area contributed by atoms with Gasteiger partial charge in [-0.2, -0.15) is 0 Å². The summed E-state index contributed by atoms with van der Waals surface area (Å²) in [4.78, 5) is 10.9. The molecule has 1 aliphatic heterocycles. The van der Waals surface area contributed by atoms with Gasteiger partial charge in [0.25, 0.3) is 11.8 Å². The van der Waals surface area contributed by atoms with Crippen molar-refractivity contribution in [1.29, 1.82) is 0 Å². The first-order chi connectivity index (χ1) is 13.3. The predicted octanol–water partition coefficient (Wildman–Crippen LogP) is 3.72. The van der Waals surface area contributed by atoms with Gasteiger partial charge in [-0.25, -0.2) is 9.97 Å². The zero-order valence-electron chi connectivity index (χ0n) is 15.7. The van der Waals surface area contributed by atoms with Crippen LogP contribution in [-0.2, 0) is 6.42 Å². The summed E-state index contributed by atoms with van der Waals surface area (Å²) in [5.74, 6) is 0.950. The largest absolute Gasteiger partial charge is 0.477 e. The van der Waals surface area contributed by atoms with Crippen LogP contribution in [0, 0.1) is 0 Å². The number of methoxy groups -OCH3 is 1. The lowest BCUT2D eigenvalue weighted by molar-refractivity contribution is 0.0938. The van der Waals surface area contributed by atoms with Crippen LogP contribution in [0.3, 0.4) is 0 Å². The van der Waals surface area contributed by atoms with E-state index in [4.69, 9.17) is 9.47 Å². The van der Waals surface area contributed by atoms with Gasteiger partial charge in [0.15, 0.2) is 0 Å². The Morgan fingerprint density at radius 3 is 2.48 bits per heavy atom. The van der Waals surface area contributed by atoms with Gasteiger partial charge in [0.1, 0.15) is 6.10 Å². The molecular weight excluding hydrogens is 338 g/mol. The first kappa shape index (κ1) is 17.7. The average molecular weight is 363 g/mol. The number of rotatable bonds is 6. The quantitative estimate of drug-likeness (QED) is 0.668. The molecule has 3 aromatic rings. The number of aromatic nitrogens is 2. The number of nitrogens with zero attached hydrogens (tertiary/aromatic N) is 3. The molecule has 0 radical (unpaired) electrons. The molecule has 5 heteroatoms. The van der Waals surface area contributed by atoms with E-state index < -0.39 is 0 Å². The SMILES string of the molecule is COc1nccnc1OC1CCN(CCc2ccc3ccccc3c2)CC1. The smallest absolute Gasteiger partial charge is 0.278 e. The second-order valence-corrected chi connectivity index (χ2v) is 6.96. The first-order valence-corrected chi connectivity index (χ1v) is 9.53. The molecule has 27 heavy (non-hydrogen) atoms. The summed E-state index contributed by atoms with van der Waals surface area (Å²) < 4.78 is 11.2. The number of fused-ring (bicyclic) bond motifs is 1. The van der Waals surface area contributed by atoms with Crippen LogP contribution >= 0.6 is 0 Å². The van der Waals surface area contributed by atoms with Crippen LogP contribution in [0.2, 0.25) is 0 Å². The van der Waals surface area contributed by atoms with E-state index in [1.807, 2.05) is 0 Å². The Balaban J connectivity index is 1.27. The van der Waals surface area contributed by atoms with Gasteiger partial charge >= 0.3 is 0 Å². The lowest BCUT2D eigenvalue weighted by Gasteiger charge is -2.31. The van der Waals surface area contributed by atoms with E-state index in [9.17, 15) is 0 Å². The van der Waals surface area contributed by atoms with Gasteiger partial charge < -0.3 is 14.4 Å². The van der Waals surface area contributed by atoms with Crippen molar-refractivity contribution in [3.05, 3.63) is 60.4 Å². The molecule has 0 unspecified atom stereocenters. The fourth-order valence-corrected chi connectivity index (χ4v) is 3.62. The Morgan fingerprint density at radius 2 is 1.70 bits per heavy atom. The molecule has 1 aliphatic rings. The van der Waals surface area contributed by atoms with Gasteiger partial charge in [0.05, 0.1) is 7.11 Å². The summed E-state index contributed by atoms with van der Waals surface area (Å²) in [6.07, 6.45) is 6.49. The summed E-state index contributed by atoms with van der Waals surface area (Å²) in [7, 11) is 1.59. The van der Waals surface area contributed by atoms with E-state index in [0.717, 1.165) is 38.9 Å². The van der Waals surface area contributed by atoms with Gasteiger partial charge in [0, 0.05) is 32.0 Å². The maximum Gasteiger partial charge on any atom is 0.278 e. The summed E-state index contributed by atoms with van der Waals surface area (Å²) in [6, 6.07) is 15.3. The number of piperidine rings is 1. The lowest BCUT2D eigenvalue weighted by atomic mass is 10.0. The number of ether oxygens (including phenoxy) is 2. The van der Waals surface area contributed by atoms with Crippen LogP contribution in [0.4, 0.5) is 0 Å². The van der Waals surface area contributed by atoms with Gasteiger partial charge in [-0.15, -0.1) is 0 Å². The summed E-state index contributed by atoms with van der Waals surface area (Å²) >= 11 is 0. The number of benzene rings is 2. The van der Waals surface area contributed by atoms with Crippen LogP contribution in [0.15, 0.2) is 54.9 Å². The third-order valence-corrected chi connectivity index (χ3v) is 5.17. The van der Waals surface area contributed by atoms with Crippen molar-refractivity contribution in [1.82, 2.24) is 14.9 Å². The van der Waals surface area contributed by atoms with Crippen molar-refractivity contribution in [2.45, 2.75) is 25.4 Å². The second-order valence-electron chi connectivity index (χ2n) is 6.96. The third-order valence-electron chi connectivity index (χ3n) is 5.17. The minimum atomic E-state index is 0.174. The molecule has 0 spiro atoms. The molecule has 5 nitrogen and oxygen atoms in total. The zero-order chi connectivity index (χ0) is 18.5. The molecule has 2 aromatic carbocycles. The summed E-state index contributed by atoms with van der Waals surface area (Å²) in [5.41, 5.74) is 1.40. The summed E-state index contributed by atoms with van der Waals surface area (Å²) in [5, 5.41) is 2.62. The first-order valence-electron chi connectivity index (χ1n) is 9.53. The van der Waals surface area contributed by atoms with E-state index in [2.05, 4.69) is 57.3 Å². The molecule has 0 amide bonds. The van der Waals surface area contributed by atoms with E-state index in [1.165, 1.54) is 16.3 Å². The molecule has 1 saturated heterocycles. The molecule has 0 atom stereocenters. The molecule has 0 saturated carbocycles. The van der Waals surface area contributed by atoms with Crippen molar-refractivity contribution in [3.8, 4) is 11.8 Å². The summed E-state index contributed by atoms with van der Waals surface area (Å²) in [6.45, 7) is 3.17. The third kappa shape index (κ3) is 4.37. The standard InChI is InChI=1S/C22H25N3O2/c1-26-21-22(24-12-11-23-21)27-20-9-14-25(15-10-20)13-8-17-6-7-18-4-2-3-5-19(18)16-17/h2-7,11-12,16,20H,8-10,13-15H2,1H3. The number of likely N-dealkylation sites (tertiary alicyclic amines) is 1. The van der Waals surface area contributed by atoms with Crippen molar-refractivity contribution < 1.29 is 9.47 Å². The molecule has 0 N–H and O–H groups in total. The zero-order valence-corrected chi connectivity index (χ0v) is 15.7. The van der Waals surface area contributed by atoms with Gasteiger partial charge in [0.2, 0.25) is 0 Å². The van der Waals surface area contributed by atoms with Crippen molar-refractivity contribution in [2.24, 2.45) is 0 Å². The maximum absolute atomic E-state index is 6.01. The Bertz CT molecular complexity index is 891. The molecule has 4 rings (SSSR count). The normalized spacial score (nSPS) is 15.7. The van der Waals surface area contributed by atoms with Crippen LogP contribution in [-0.4, -0.2) is 47.7 Å². The molecule has 0 aliphatic carbocycles. The highest BCUT2D eigenvalue weighted by atomic mass is 16.5. The number of hydrogen-bond acceptors (Lipinski definition) is 5. The van der Waals surface area contributed by atoms with E-state index in [1.54, 1.807) is 19.5 Å². The molecule has 140 valence electrons. The molecule has 1 fully saturated rings. The highest BCUT2D eigenvalue weighted by Crippen LogP contribution is 2.24.